The van der Waals surface area contributed by atoms with Crippen molar-refractivity contribution >= 4 is 17.4 Å². The smallest absolute Gasteiger partial charge is 0.200 e. The lowest BCUT2D eigenvalue weighted by Crippen LogP contribution is -2.11. The highest BCUT2D eigenvalue weighted by Gasteiger charge is 2.23. The number of hydrogen-bond acceptors (Lipinski definition) is 4. The van der Waals surface area contributed by atoms with Crippen LogP contribution in [0.1, 0.15) is 10.4 Å². The van der Waals surface area contributed by atoms with Gasteiger partial charge in [0.25, 0.3) is 0 Å². The Morgan fingerprint density at radius 3 is 2.50 bits per heavy atom. The molecule has 1 aliphatic heterocycles. The number of ketones is 1. The number of carbonyl (C=O) groups is 1. The zero-order valence-electron chi connectivity index (χ0n) is 11.8. The fourth-order valence-electron chi connectivity index (χ4n) is 1.88. The molecule has 2 aromatic rings. The van der Waals surface area contributed by atoms with E-state index >= 15 is 0 Å². The zero-order chi connectivity index (χ0) is 15.4. The topological polar surface area (TPSA) is 48.1 Å². The van der Waals surface area contributed by atoms with E-state index in [-0.39, 0.29) is 18.5 Å². The van der Waals surface area contributed by atoms with Crippen LogP contribution in [-0.2, 0) is 4.74 Å². The Bertz CT molecular complexity index is 650. The number of halogens is 1. The highest BCUT2D eigenvalue weighted by atomic mass is 35.5. The Morgan fingerprint density at radius 2 is 1.82 bits per heavy atom. The van der Waals surface area contributed by atoms with E-state index in [4.69, 9.17) is 25.8 Å². The average Bonchev–Trinajstić information content (AvgIpc) is 3.36. The molecule has 1 heterocycles. The minimum atomic E-state index is -0.102. The Labute approximate surface area is 133 Å². The van der Waals surface area contributed by atoms with E-state index in [1.807, 2.05) is 12.1 Å². The van der Waals surface area contributed by atoms with E-state index in [9.17, 15) is 4.79 Å². The van der Waals surface area contributed by atoms with Crippen molar-refractivity contribution in [1.82, 2.24) is 0 Å². The maximum Gasteiger partial charge on any atom is 0.200 e. The second-order valence-corrected chi connectivity index (χ2v) is 5.40. The normalized spacial score (nSPS) is 16.1. The molecule has 4 nitrogen and oxygen atoms in total. The fraction of sp³-hybridized carbons (Fsp3) is 0.235. The number of carbonyl (C=O) groups excluding carboxylic acids is 1. The average molecular weight is 319 g/mol. The van der Waals surface area contributed by atoms with Crippen molar-refractivity contribution in [3.63, 3.8) is 0 Å². The molecule has 0 aromatic heterocycles. The van der Waals surface area contributed by atoms with Crippen molar-refractivity contribution in [2.45, 2.75) is 6.10 Å². The quantitative estimate of drug-likeness (QED) is 0.580. The van der Waals surface area contributed by atoms with Crippen molar-refractivity contribution in [2.75, 3.05) is 19.8 Å². The van der Waals surface area contributed by atoms with Crippen LogP contribution in [0.4, 0.5) is 0 Å². The van der Waals surface area contributed by atoms with Gasteiger partial charge in [-0.3, -0.25) is 4.79 Å². The third-order valence-corrected chi connectivity index (χ3v) is 3.43. The minimum Gasteiger partial charge on any atom is -0.491 e. The fourth-order valence-corrected chi connectivity index (χ4v) is 2.00. The molecule has 0 radical (unpaired) electrons. The maximum absolute atomic E-state index is 12.0. The molecule has 22 heavy (non-hydrogen) atoms. The number of Topliss-reactive ketones (excluding diaryl/α,β-unsaturated/α-hetero) is 1. The van der Waals surface area contributed by atoms with Gasteiger partial charge in [0.05, 0.1) is 6.61 Å². The molecule has 1 atom stereocenters. The van der Waals surface area contributed by atoms with E-state index in [1.165, 1.54) is 0 Å². The predicted molar refractivity (Wildman–Crippen MR) is 83.0 cm³/mol. The number of ether oxygens (including phenoxy) is 3. The van der Waals surface area contributed by atoms with Crippen molar-refractivity contribution in [3.05, 3.63) is 59.1 Å². The van der Waals surface area contributed by atoms with Gasteiger partial charge in [-0.15, -0.1) is 0 Å². The second kappa shape index (κ2) is 6.81. The second-order valence-electron chi connectivity index (χ2n) is 4.96. The van der Waals surface area contributed by atoms with Crippen LogP contribution < -0.4 is 9.47 Å². The van der Waals surface area contributed by atoms with E-state index < -0.39 is 0 Å². The molecule has 0 spiro atoms. The van der Waals surface area contributed by atoms with Gasteiger partial charge in [-0.2, -0.15) is 0 Å². The summed E-state index contributed by atoms with van der Waals surface area (Å²) in [5.74, 6) is 1.19. The predicted octanol–water partition coefficient (Wildman–Crippen LogP) is 3.38. The molecule has 0 aliphatic carbocycles. The van der Waals surface area contributed by atoms with Crippen LogP contribution in [0.2, 0.25) is 5.02 Å². The Kier molecular flexibility index (Phi) is 4.61. The molecule has 0 amide bonds. The highest BCUT2D eigenvalue weighted by molar-refractivity contribution is 6.30. The molecule has 0 saturated carbocycles. The molecule has 0 N–H and O–H groups in total. The number of rotatable bonds is 7. The van der Waals surface area contributed by atoms with E-state index in [1.54, 1.807) is 36.4 Å². The Hall–Kier alpha value is -2.04. The monoisotopic (exact) mass is 318 g/mol. The Morgan fingerprint density at radius 1 is 1.14 bits per heavy atom. The van der Waals surface area contributed by atoms with Crippen molar-refractivity contribution in [1.29, 1.82) is 0 Å². The molecule has 1 saturated heterocycles. The SMILES string of the molecule is O=C(COc1cccc(OC[C@H]2CO2)c1)c1ccc(Cl)cc1. The molecule has 2 aromatic carbocycles. The molecule has 1 fully saturated rings. The Balaban J connectivity index is 1.54. The van der Waals surface area contributed by atoms with Crippen LogP contribution in [-0.4, -0.2) is 31.7 Å². The van der Waals surface area contributed by atoms with Crippen LogP contribution in [0.5, 0.6) is 11.5 Å². The van der Waals surface area contributed by atoms with Gasteiger partial charge in [-0.25, -0.2) is 0 Å². The first kappa shape index (κ1) is 14.9. The van der Waals surface area contributed by atoms with Crippen LogP contribution >= 0.6 is 11.6 Å². The lowest BCUT2D eigenvalue weighted by atomic mass is 10.1. The number of epoxide rings is 1. The van der Waals surface area contributed by atoms with Gasteiger partial charge in [0.1, 0.15) is 24.2 Å². The lowest BCUT2D eigenvalue weighted by molar-refractivity contribution is 0.0921. The molecule has 3 rings (SSSR count). The summed E-state index contributed by atoms with van der Waals surface area (Å²) >= 11 is 5.80. The van der Waals surface area contributed by atoms with Gasteiger partial charge in [-0.05, 0) is 36.4 Å². The van der Waals surface area contributed by atoms with Gasteiger partial charge >= 0.3 is 0 Å². The first-order chi connectivity index (χ1) is 10.7. The molecule has 114 valence electrons. The first-order valence-electron chi connectivity index (χ1n) is 6.97. The molecule has 0 bridgehead atoms. The summed E-state index contributed by atoms with van der Waals surface area (Å²) in [5.41, 5.74) is 0.572. The summed E-state index contributed by atoms with van der Waals surface area (Å²) in [6.07, 6.45) is 0.205. The molecule has 5 heteroatoms. The first-order valence-corrected chi connectivity index (χ1v) is 7.34. The van der Waals surface area contributed by atoms with E-state index in [2.05, 4.69) is 0 Å². The number of hydrogen-bond donors (Lipinski definition) is 0. The molecular weight excluding hydrogens is 304 g/mol. The van der Waals surface area contributed by atoms with Gasteiger partial charge in [0, 0.05) is 16.7 Å². The summed E-state index contributed by atoms with van der Waals surface area (Å²) in [6.45, 7) is 1.26. The van der Waals surface area contributed by atoms with Gasteiger partial charge in [-0.1, -0.05) is 17.7 Å². The summed E-state index contributed by atoms with van der Waals surface area (Å²) < 4.78 is 16.2. The molecule has 1 aliphatic rings. The molecular formula is C17H15ClO4. The van der Waals surface area contributed by atoms with Crippen LogP contribution in [0.15, 0.2) is 48.5 Å². The summed E-state index contributed by atoms with van der Waals surface area (Å²) in [5, 5.41) is 0.599. The largest absolute Gasteiger partial charge is 0.491 e. The lowest BCUT2D eigenvalue weighted by Gasteiger charge is -2.08. The molecule has 0 unspecified atom stereocenters. The van der Waals surface area contributed by atoms with Crippen molar-refractivity contribution in [3.8, 4) is 11.5 Å². The third kappa shape index (κ3) is 4.23. The van der Waals surface area contributed by atoms with Gasteiger partial charge < -0.3 is 14.2 Å². The summed E-state index contributed by atoms with van der Waals surface area (Å²) in [4.78, 5) is 12.0. The number of benzene rings is 2. The summed E-state index contributed by atoms with van der Waals surface area (Å²) in [6, 6.07) is 14.0. The van der Waals surface area contributed by atoms with Crippen LogP contribution in [0.3, 0.4) is 0 Å². The summed E-state index contributed by atoms with van der Waals surface area (Å²) in [7, 11) is 0. The zero-order valence-corrected chi connectivity index (χ0v) is 12.6. The minimum absolute atomic E-state index is 0.0309. The van der Waals surface area contributed by atoms with Crippen molar-refractivity contribution < 1.29 is 19.0 Å². The highest BCUT2D eigenvalue weighted by Crippen LogP contribution is 2.21. The van der Waals surface area contributed by atoms with Crippen LogP contribution in [0.25, 0.3) is 0 Å². The van der Waals surface area contributed by atoms with E-state index in [0.717, 1.165) is 6.61 Å². The van der Waals surface area contributed by atoms with Gasteiger partial charge in [0.15, 0.2) is 12.4 Å². The standard InChI is InChI=1S/C17H15ClO4/c18-13-6-4-12(5-7-13)17(19)11-22-15-3-1-2-14(8-15)20-9-16-10-21-16/h1-8,16H,9-11H2/t16-/m0/s1. The van der Waals surface area contributed by atoms with Crippen LogP contribution in [0, 0.1) is 0 Å². The maximum atomic E-state index is 12.0. The van der Waals surface area contributed by atoms with E-state index in [0.29, 0.717) is 28.7 Å². The third-order valence-electron chi connectivity index (χ3n) is 3.18. The van der Waals surface area contributed by atoms with Gasteiger partial charge in [0.2, 0.25) is 0 Å². The van der Waals surface area contributed by atoms with Crippen molar-refractivity contribution in [2.24, 2.45) is 0 Å².